The van der Waals surface area contributed by atoms with Gasteiger partial charge in [-0.3, -0.25) is 0 Å². The average molecular weight is 214 g/mol. The third-order valence-corrected chi connectivity index (χ3v) is 2.94. The van der Waals surface area contributed by atoms with Gasteiger partial charge in [-0.25, -0.2) is 0 Å². The van der Waals surface area contributed by atoms with Gasteiger partial charge in [-0.05, 0) is 13.1 Å². The molecular formula is C11H26N4. The van der Waals surface area contributed by atoms with Crippen LogP contribution in [0.15, 0.2) is 0 Å². The highest BCUT2D eigenvalue weighted by Gasteiger charge is 2.20. The van der Waals surface area contributed by atoms with Crippen molar-refractivity contribution in [1.82, 2.24) is 21.3 Å². The minimum atomic E-state index is 0.585. The molecule has 1 saturated heterocycles. The Hall–Kier alpha value is -0.160. The van der Waals surface area contributed by atoms with Crippen molar-refractivity contribution in [3.8, 4) is 0 Å². The van der Waals surface area contributed by atoms with E-state index in [1.54, 1.807) is 0 Å². The molecule has 90 valence electrons. The van der Waals surface area contributed by atoms with Crippen LogP contribution in [0.25, 0.3) is 0 Å². The van der Waals surface area contributed by atoms with E-state index in [4.69, 9.17) is 0 Å². The third-order valence-electron chi connectivity index (χ3n) is 2.94. The summed E-state index contributed by atoms with van der Waals surface area (Å²) in [4.78, 5) is 0. The molecule has 1 fully saturated rings. The molecule has 0 aromatic heterocycles. The van der Waals surface area contributed by atoms with Crippen LogP contribution in [0.1, 0.15) is 13.8 Å². The average Bonchev–Trinajstić information content (AvgIpc) is 2.22. The van der Waals surface area contributed by atoms with Crippen molar-refractivity contribution in [1.29, 1.82) is 0 Å². The van der Waals surface area contributed by atoms with Crippen molar-refractivity contribution in [3.05, 3.63) is 0 Å². The van der Waals surface area contributed by atoms with Crippen molar-refractivity contribution in [3.63, 3.8) is 0 Å². The van der Waals surface area contributed by atoms with Crippen LogP contribution in [0.4, 0.5) is 0 Å². The van der Waals surface area contributed by atoms with E-state index in [1.165, 1.54) is 0 Å². The first kappa shape index (κ1) is 12.9. The molecule has 0 amide bonds. The summed E-state index contributed by atoms with van der Waals surface area (Å²) in [5.41, 5.74) is 0. The van der Waals surface area contributed by atoms with Crippen molar-refractivity contribution < 1.29 is 0 Å². The van der Waals surface area contributed by atoms with Crippen LogP contribution in [0.5, 0.6) is 0 Å². The van der Waals surface area contributed by atoms with E-state index in [-0.39, 0.29) is 0 Å². The molecule has 4 nitrogen and oxygen atoms in total. The Bertz CT molecular complexity index is 150. The van der Waals surface area contributed by atoms with E-state index in [0.717, 1.165) is 45.8 Å². The Kier molecular flexibility index (Phi) is 6.92. The predicted octanol–water partition coefficient (Wildman–Crippen LogP) is -0.617. The summed E-state index contributed by atoms with van der Waals surface area (Å²) in [6, 6.07) is 0.585. The molecule has 0 bridgehead atoms. The van der Waals surface area contributed by atoms with Crippen molar-refractivity contribution >= 4 is 0 Å². The second-order valence-electron chi connectivity index (χ2n) is 4.14. The number of likely N-dealkylation sites (N-methyl/N-ethyl adjacent to an activating group) is 1. The van der Waals surface area contributed by atoms with Crippen molar-refractivity contribution in [2.75, 3.05) is 45.8 Å². The SMILES string of the molecule is CCNC[C@H]1CNCCNC[C@@H]1NCC. The number of nitrogens with one attached hydrogen (secondary N) is 4. The van der Waals surface area contributed by atoms with E-state index in [2.05, 4.69) is 35.1 Å². The standard InChI is InChI=1S/C11H26N4/c1-3-12-7-10-8-13-5-6-14-9-11(10)15-4-2/h10-15H,3-9H2,1-2H3/t10-,11-/m0/s1. The molecule has 4 heteroatoms. The summed E-state index contributed by atoms with van der Waals surface area (Å²) in [5.74, 6) is 0.678. The van der Waals surface area contributed by atoms with Crippen LogP contribution in [-0.4, -0.2) is 51.9 Å². The first-order valence-corrected chi connectivity index (χ1v) is 6.24. The Morgan fingerprint density at radius 3 is 2.47 bits per heavy atom. The molecule has 1 aliphatic heterocycles. The maximum Gasteiger partial charge on any atom is 0.0244 e. The van der Waals surface area contributed by atoms with Gasteiger partial charge in [0.25, 0.3) is 0 Å². The van der Waals surface area contributed by atoms with Crippen molar-refractivity contribution in [2.45, 2.75) is 19.9 Å². The van der Waals surface area contributed by atoms with E-state index in [0.29, 0.717) is 12.0 Å². The minimum absolute atomic E-state index is 0.585. The summed E-state index contributed by atoms with van der Waals surface area (Å²) in [6.45, 7) is 11.9. The molecule has 2 atom stereocenters. The molecule has 1 rings (SSSR count). The lowest BCUT2D eigenvalue weighted by Gasteiger charge is -2.31. The number of hydrogen-bond donors (Lipinski definition) is 4. The molecular weight excluding hydrogens is 188 g/mol. The van der Waals surface area contributed by atoms with E-state index >= 15 is 0 Å². The smallest absolute Gasteiger partial charge is 0.0244 e. The molecule has 0 spiro atoms. The molecule has 0 aromatic carbocycles. The maximum absolute atomic E-state index is 3.57. The van der Waals surface area contributed by atoms with Gasteiger partial charge in [0.15, 0.2) is 0 Å². The molecule has 1 heterocycles. The van der Waals surface area contributed by atoms with Gasteiger partial charge in [-0.1, -0.05) is 13.8 Å². The first-order valence-electron chi connectivity index (χ1n) is 6.24. The van der Waals surface area contributed by atoms with Gasteiger partial charge in [0.05, 0.1) is 0 Å². The highest BCUT2D eigenvalue weighted by Crippen LogP contribution is 2.02. The van der Waals surface area contributed by atoms with Gasteiger partial charge >= 0.3 is 0 Å². The van der Waals surface area contributed by atoms with Crippen LogP contribution in [0.3, 0.4) is 0 Å². The summed E-state index contributed by atoms with van der Waals surface area (Å²) < 4.78 is 0. The lowest BCUT2D eigenvalue weighted by Crippen LogP contribution is -2.53. The van der Waals surface area contributed by atoms with E-state index < -0.39 is 0 Å². The molecule has 0 saturated carbocycles. The van der Waals surface area contributed by atoms with E-state index in [1.807, 2.05) is 0 Å². The van der Waals surface area contributed by atoms with Crippen LogP contribution < -0.4 is 21.3 Å². The van der Waals surface area contributed by atoms with Crippen molar-refractivity contribution in [2.24, 2.45) is 5.92 Å². The van der Waals surface area contributed by atoms with Gasteiger partial charge in [-0.2, -0.15) is 0 Å². The second-order valence-corrected chi connectivity index (χ2v) is 4.14. The molecule has 4 N–H and O–H groups in total. The fourth-order valence-electron chi connectivity index (χ4n) is 2.08. The highest BCUT2D eigenvalue weighted by molar-refractivity contribution is 4.83. The number of hydrogen-bond acceptors (Lipinski definition) is 4. The third kappa shape index (κ3) is 4.93. The highest BCUT2D eigenvalue weighted by atomic mass is 15.0. The molecule has 0 aromatic rings. The maximum atomic E-state index is 3.57. The van der Waals surface area contributed by atoms with Gasteiger partial charge in [0, 0.05) is 44.7 Å². The Labute approximate surface area is 93.6 Å². The zero-order chi connectivity index (χ0) is 10.9. The summed E-state index contributed by atoms with van der Waals surface area (Å²) in [6.07, 6.45) is 0. The zero-order valence-corrected chi connectivity index (χ0v) is 10.1. The fourth-order valence-corrected chi connectivity index (χ4v) is 2.08. The molecule has 15 heavy (non-hydrogen) atoms. The summed E-state index contributed by atoms with van der Waals surface area (Å²) >= 11 is 0. The molecule has 0 unspecified atom stereocenters. The van der Waals surface area contributed by atoms with E-state index in [9.17, 15) is 0 Å². The van der Waals surface area contributed by atoms with Gasteiger partial charge in [0.1, 0.15) is 0 Å². The molecule has 0 radical (unpaired) electrons. The van der Waals surface area contributed by atoms with Crippen LogP contribution in [0.2, 0.25) is 0 Å². The van der Waals surface area contributed by atoms with Crippen LogP contribution in [-0.2, 0) is 0 Å². The Morgan fingerprint density at radius 2 is 1.80 bits per heavy atom. The molecule has 0 aliphatic carbocycles. The second kappa shape index (κ2) is 8.05. The predicted molar refractivity (Wildman–Crippen MR) is 65.2 cm³/mol. The first-order chi connectivity index (χ1) is 7.38. The fraction of sp³-hybridized carbons (Fsp3) is 1.00. The monoisotopic (exact) mass is 214 g/mol. The van der Waals surface area contributed by atoms with Gasteiger partial charge < -0.3 is 21.3 Å². The Balaban J connectivity index is 2.40. The quantitative estimate of drug-likeness (QED) is 0.493. The van der Waals surface area contributed by atoms with Crippen LogP contribution >= 0.6 is 0 Å². The number of rotatable bonds is 5. The normalized spacial score (nSPS) is 28.4. The summed E-state index contributed by atoms with van der Waals surface area (Å²) in [7, 11) is 0. The minimum Gasteiger partial charge on any atom is -0.317 e. The van der Waals surface area contributed by atoms with Crippen LogP contribution in [0, 0.1) is 5.92 Å². The zero-order valence-electron chi connectivity index (χ0n) is 10.1. The topological polar surface area (TPSA) is 48.1 Å². The lowest BCUT2D eigenvalue weighted by atomic mass is 9.98. The van der Waals surface area contributed by atoms with Gasteiger partial charge in [-0.15, -0.1) is 0 Å². The Morgan fingerprint density at radius 1 is 1.07 bits per heavy atom. The summed E-state index contributed by atoms with van der Waals surface area (Å²) in [5, 5.41) is 14.0. The van der Waals surface area contributed by atoms with Gasteiger partial charge in [0.2, 0.25) is 0 Å². The lowest BCUT2D eigenvalue weighted by molar-refractivity contribution is 0.303. The largest absolute Gasteiger partial charge is 0.317 e. The molecule has 1 aliphatic rings.